The zero-order valence-corrected chi connectivity index (χ0v) is 11.3. The number of nitrogens with zero attached hydrogens (tertiary/aromatic N) is 2. The number of rotatable bonds is 5. The molecule has 4 heteroatoms. The lowest BCUT2D eigenvalue weighted by atomic mass is 10.2. The first-order valence-electron chi connectivity index (χ1n) is 6.49. The molecule has 0 amide bonds. The summed E-state index contributed by atoms with van der Waals surface area (Å²) in [4.78, 5) is 15.8. The predicted molar refractivity (Wildman–Crippen MR) is 75.7 cm³/mol. The van der Waals surface area contributed by atoms with Crippen LogP contribution in [0.2, 0.25) is 0 Å². The van der Waals surface area contributed by atoms with Crippen LogP contribution in [-0.2, 0) is 9.53 Å². The molecule has 0 aliphatic carbocycles. The number of carbonyl (C=O) groups is 1. The maximum absolute atomic E-state index is 11.5. The van der Waals surface area contributed by atoms with Crippen LogP contribution in [0.4, 0.5) is 0 Å². The van der Waals surface area contributed by atoms with Gasteiger partial charge in [0.1, 0.15) is 0 Å². The summed E-state index contributed by atoms with van der Waals surface area (Å²) in [7, 11) is 0. The molecular formula is C15H18N2O2. The molecule has 0 radical (unpaired) electrons. The highest BCUT2D eigenvalue weighted by Gasteiger charge is 2.01. The van der Waals surface area contributed by atoms with Gasteiger partial charge >= 0.3 is 5.97 Å². The van der Waals surface area contributed by atoms with Gasteiger partial charge in [-0.3, -0.25) is 0 Å². The number of benzene rings is 1. The molecule has 2 rings (SSSR count). The van der Waals surface area contributed by atoms with Crippen molar-refractivity contribution in [2.75, 3.05) is 6.61 Å². The number of aryl methyl sites for hydroxylation is 1. The number of unbranched alkanes of at least 4 members (excludes halogenated alkanes) is 1. The SMILES string of the molecule is CCCCOC(=O)/C=C/n1cnc2cc(C)ccc21. The molecule has 0 N–H and O–H groups in total. The largest absolute Gasteiger partial charge is 0.462 e. The van der Waals surface area contributed by atoms with Gasteiger partial charge < -0.3 is 9.30 Å². The monoisotopic (exact) mass is 258 g/mol. The van der Waals surface area contributed by atoms with Crippen LogP contribution >= 0.6 is 0 Å². The molecule has 0 saturated carbocycles. The molecule has 1 aromatic carbocycles. The third-order valence-corrected chi connectivity index (χ3v) is 2.84. The molecule has 0 unspecified atom stereocenters. The number of carbonyl (C=O) groups excluding carboxylic acids is 1. The number of imidazole rings is 1. The van der Waals surface area contributed by atoms with Crippen molar-refractivity contribution in [2.24, 2.45) is 0 Å². The summed E-state index contributed by atoms with van der Waals surface area (Å²) >= 11 is 0. The maximum atomic E-state index is 11.5. The van der Waals surface area contributed by atoms with Crippen LogP contribution in [0.25, 0.3) is 17.2 Å². The second-order valence-corrected chi connectivity index (χ2v) is 4.48. The van der Waals surface area contributed by atoms with Gasteiger partial charge in [0.05, 0.1) is 24.0 Å². The molecule has 19 heavy (non-hydrogen) atoms. The Balaban J connectivity index is 2.06. The predicted octanol–water partition coefficient (Wildman–Crippen LogP) is 3.16. The molecule has 0 aliphatic rings. The van der Waals surface area contributed by atoms with Gasteiger partial charge in [-0.2, -0.15) is 0 Å². The minimum atomic E-state index is -0.317. The van der Waals surface area contributed by atoms with E-state index in [1.165, 1.54) is 11.6 Å². The molecule has 100 valence electrons. The Bertz CT molecular complexity index is 599. The minimum absolute atomic E-state index is 0.317. The molecule has 0 aliphatic heterocycles. The average Bonchev–Trinajstić information content (AvgIpc) is 2.79. The van der Waals surface area contributed by atoms with Gasteiger partial charge in [-0.1, -0.05) is 19.4 Å². The van der Waals surface area contributed by atoms with Crippen molar-refractivity contribution in [2.45, 2.75) is 26.7 Å². The van der Waals surface area contributed by atoms with Crippen molar-refractivity contribution in [3.63, 3.8) is 0 Å². The van der Waals surface area contributed by atoms with E-state index in [1.807, 2.05) is 29.7 Å². The first-order chi connectivity index (χ1) is 9.20. The number of fused-ring (bicyclic) bond motifs is 1. The Morgan fingerprint density at radius 2 is 2.32 bits per heavy atom. The highest BCUT2D eigenvalue weighted by molar-refractivity contribution is 5.86. The molecule has 1 heterocycles. The molecule has 0 atom stereocenters. The zero-order chi connectivity index (χ0) is 13.7. The van der Waals surface area contributed by atoms with E-state index >= 15 is 0 Å². The number of hydrogen-bond acceptors (Lipinski definition) is 3. The van der Waals surface area contributed by atoms with Crippen LogP contribution in [0.5, 0.6) is 0 Å². The fourth-order valence-electron chi connectivity index (χ4n) is 1.77. The first-order valence-corrected chi connectivity index (χ1v) is 6.49. The van der Waals surface area contributed by atoms with Gasteiger partial charge in [0, 0.05) is 12.3 Å². The molecule has 4 nitrogen and oxygen atoms in total. The minimum Gasteiger partial charge on any atom is -0.462 e. The van der Waals surface area contributed by atoms with Crippen molar-refractivity contribution < 1.29 is 9.53 Å². The van der Waals surface area contributed by atoms with Gasteiger partial charge in [0.2, 0.25) is 0 Å². The van der Waals surface area contributed by atoms with Crippen molar-refractivity contribution >= 4 is 23.2 Å². The molecule has 0 fully saturated rings. The van der Waals surface area contributed by atoms with Gasteiger partial charge in [0.25, 0.3) is 0 Å². The fourth-order valence-corrected chi connectivity index (χ4v) is 1.77. The van der Waals surface area contributed by atoms with Gasteiger partial charge in [-0.05, 0) is 31.0 Å². The van der Waals surface area contributed by atoms with Crippen LogP contribution in [0.15, 0.2) is 30.6 Å². The Kier molecular flexibility index (Phi) is 4.34. The summed E-state index contributed by atoms with van der Waals surface area (Å²) < 4.78 is 6.87. The molecular weight excluding hydrogens is 240 g/mol. The Morgan fingerprint density at radius 3 is 3.11 bits per heavy atom. The first kappa shape index (κ1) is 13.3. The van der Waals surface area contributed by atoms with E-state index in [4.69, 9.17) is 4.74 Å². The summed E-state index contributed by atoms with van der Waals surface area (Å²) in [5, 5.41) is 0. The maximum Gasteiger partial charge on any atom is 0.332 e. The van der Waals surface area contributed by atoms with E-state index in [0.717, 1.165) is 23.9 Å². The topological polar surface area (TPSA) is 44.1 Å². The van der Waals surface area contributed by atoms with E-state index < -0.39 is 0 Å². The van der Waals surface area contributed by atoms with Crippen LogP contribution < -0.4 is 0 Å². The summed E-state index contributed by atoms with van der Waals surface area (Å²) in [6.07, 6.45) is 6.71. The Morgan fingerprint density at radius 1 is 1.47 bits per heavy atom. The van der Waals surface area contributed by atoms with Crippen molar-refractivity contribution in [3.05, 3.63) is 36.2 Å². The van der Waals surface area contributed by atoms with Gasteiger partial charge in [0.15, 0.2) is 0 Å². The van der Waals surface area contributed by atoms with E-state index in [2.05, 4.69) is 11.9 Å². The standard InChI is InChI=1S/C15H18N2O2/c1-3-4-9-19-15(18)7-8-17-11-16-13-10-12(2)5-6-14(13)17/h5-8,10-11H,3-4,9H2,1-2H3/b8-7+. The van der Waals surface area contributed by atoms with Crippen LogP contribution in [0.3, 0.4) is 0 Å². The van der Waals surface area contributed by atoms with Gasteiger partial charge in [-0.25, -0.2) is 9.78 Å². The Labute approximate surface area is 112 Å². The quantitative estimate of drug-likeness (QED) is 0.470. The van der Waals surface area contributed by atoms with Gasteiger partial charge in [-0.15, -0.1) is 0 Å². The summed E-state index contributed by atoms with van der Waals surface area (Å²) in [6, 6.07) is 6.03. The van der Waals surface area contributed by atoms with Crippen molar-refractivity contribution in [3.8, 4) is 0 Å². The van der Waals surface area contributed by atoms with E-state index in [1.54, 1.807) is 12.5 Å². The highest BCUT2D eigenvalue weighted by Crippen LogP contribution is 2.14. The van der Waals surface area contributed by atoms with Crippen molar-refractivity contribution in [1.29, 1.82) is 0 Å². The van der Waals surface area contributed by atoms with Crippen molar-refractivity contribution in [1.82, 2.24) is 9.55 Å². The van der Waals surface area contributed by atoms with E-state index in [-0.39, 0.29) is 5.97 Å². The second-order valence-electron chi connectivity index (χ2n) is 4.48. The van der Waals surface area contributed by atoms with Crippen LogP contribution in [0, 0.1) is 6.92 Å². The Hall–Kier alpha value is -2.10. The summed E-state index contributed by atoms with van der Waals surface area (Å²) in [6.45, 7) is 4.56. The second kappa shape index (κ2) is 6.18. The lowest BCUT2D eigenvalue weighted by Gasteiger charge is -2.00. The third-order valence-electron chi connectivity index (χ3n) is 2.84. The lowest BCUT2D eigenvalue weighted by Crippen LogP contribution is -2.02. The molecule has 2 aromatic rings. The third kappa shape index (κ3) is 3.44. The number of hydrogen-bond donors (Lipinski definition) is 0. The number of aromatic nitrogens is 2. The fraction of sp³-hybridized carbons (Fsp3) is 0.333. The molecule has 0 saturated heterocycles. The summed E-state index contributed by atoms with van der Waals surface area (Å²) in [5.41, 5.74) is 3.06. The zero-order valence-electron chi connectivity index (χ0n) is 11.3. The van der Waals surface area contributed by atoms with E-state index in [0.29, 0.717) is 6.61 Å². The number of ether oxygens (including phenoxy) is 1. The number of esters is 1. The average molecular weight is 258 g/mol. The molecule has 0 bridgehead atoms. The molecule has 0 spiro atoms. The lowest BCUT2D eigenvalue weighted by molar-refractivity contribution is -0.137. The highest BCUT2D eigenvalue weighted by atomic mass is 16.5. The van der Waals surface area contributed by atoms with E-state index in [9.17, 15) is 4.79 Å². The smallest absolute Gasteiger partial charge is 0.332 e. The van der Waals surface area contributed by atoms with Crippen LogP contribution in [-0.4, -0.2) is 22.1 Å². The normalized spacial score (nSPS) is 11.3. The van der Waals surface area contributed by atoms with Crippen LogP contribution in [0.1, 0.15) is 25.3 Å². The summed E-state index contributed by atoms with van der Waals surface area (Å²) in [5.74, 6) is -0.317. The molecule has 1 aromatic heterocycles.